The summed E-state index contributed by atoms with van der Waals surface area (Å²) in [5.74, 6) is 0. The summed E-state index contributed by atoms with van der Waals surface area (Å²) >= 11 is 3.34. The average Bonchev–Trinajstić information content (AvgIpc) is 2.89. The zero-order valence-electron chi connectivity index (χ0n) is 11.8. The normalized spacial score (nSPS) is 11.7. The van der Waals surface area contributed by atoms with Gasteiger partial charge in [-0.1, -0.05) is 28.1 Å². The lowest BCUT2D eigenvalue weighted by atomic mass is 10.1. The van der Waals surface area contributed by atoms with Crippen LogP contribution in [0.3, 0.4) is 0 Å². The fraction of sp³-hybridized carbons (Fsp3) is 0.357. The molecule has 1 aromatic carbocycles. The Bertz CT molecular complexity index is 680. The first-order chi connectivity index (χ1) is 10.0. The molecule has 0 bridgehead atoms. The molecule has 0 fully saturated rings. The van der Waals surface area contributed by atoms with Crippen molar-refractivity contribution < 1.29 is 8.42 Å². The van der Waals surface area contributed by atoms with E-state index in [1.165, 1.54) is 0 Å². The summed E-state index contributed by atoms with van der Waals surface area (Å²) in [5.41, 5.74) is 3.20. The number of aromatic amines is 1. The van der Waals surface area contributed by atoms with Crippen molar-refractivity contribution in [3.63, 3.8) is 0 Å². The van der Waals surface area contributed by atoms with Gasteiger partial charge in [0.15, 0.2) is 0 Å². The van der Waals surface area contributed by atoms with E-state index >= 15 is 0 Å². The fourth-order valence-electron chi connectivity index (χ4n) is 1.95. The molecule has 5 nitrogen and oxygen atoms in total. The van der Waals surface area contributed by atoms with Crippen LogP contribution >= 0.6 is 15.9 Å². The molecule has 0 aliphatic rings. The van der Waals surface area contributed by atoms with Crippen LogP contribution in [0.1, 0.15) is 23.2 Å². The lowest BCUT2D eigenvalue weighted by molar-refractivity contribution is 0.579. The van der Waals surface area contributed by atoms with Gasteiger partial charge in [-0.25, -0.2) is 13.1 Å². The number of H-pyrrole nitrogens is 1. The van der Waals surface area contributed by atoms with E-state index in [1.54, 1.807) is 30.5 Å². The maximum atomic E-state index is 12.1. The van der Waals surface area contributed by atoms with Gasteiger partial charge in [0.05, 0.1) is 11.1 Å². The van der Waals surface area contributed by atoms with Gasteiger partial charge in [0, 0.05) is 17.6 Å². The van der Waals surface area contributed by atoms with Crippen LogP contribution in [0.4, 0.5) is 0 Å². The highest BCUT2D eigenvalue weighted by molar-refractivity contribution is 9.08. The standard InChI is InChI=1S/C14H18BrN3O2S/c1-11-13(10-16-18-11)3-2-8-17-21(19,20)14-6-4-12(9-15)5-7-14/h4-7,10,17H,2-3,8-9H2,1H3,(H,16,18). The van der Waals surface area contributed by atoms with Crippen molar-refractivity contribution >= 4 is 26.0 Å². The smallest absolute Gasteiger partial charge is 0.240 e. The molecule has 2 rings (SSSR count). The largest absolute Gasteiger partial charge is 0.283 e. The Morgan fingerprint density at radius 2 is 2.00 bits per heavy atom. The lowest BCUT2D eigenvalue weighted by Gasteiger charge is -2.07. The maximum Gasteiger partial charge on any atom is 0.240 e. The summed E-state index contributed by atoms with van der Waals surface area (Å²) in [6, 6.07) is 6.86. The van der Waals surface area contributed by atoms with E-state index in [-0.39, 0.29) is 0 Å². The van der Waals surface area contributed by atoms with Gasteiger partial charge in [-0.15, -0.1) is 0 Å². The molecule has 0 atom stereocenters. The number of nitrogens with zero attached hydrogens (tertiary/aromatic N) is 1. The molecule has 2 N–H and O–H groups in total. The van der Waals surface area contributed by atoms with Crippen molar-refractivity contribution in [1.29, 1.82) is 0 Å². The lowest BCUT2D eigenvalue weighted by Crippen LogP contribution is -2.25. The first-order valence-corrected chi connectivity index (χ1v) is 9.27. The van der Waals surface area contributed by atoms with Gasteiger partial charge in [0.25, 0.3) is 0 Å². The van der Waals surface area contributed by atoms with Gasteiger partial charge in [-0.05, 0) is 43.0 Å². The molecular weight excluding hydrogens is 354 g/mol. The van der Waals surface area contributed by atoms with E-state index < -0.39 is 10.0 Å². The summed E-state index contributed by atoms with van der Waals surface area (Å²) in [4.78, 5) is 0.298. The topological polar surface area (TPSA) is 74.8 Å². The minimum atomic E-state index is -3.43. The van der Waals surface area contributed by atoms with Crippen LogP contribution in [-0.2, 0) is 21.8 Å². The molecule has 0 aliphatic heterocycles. The number of aromatic nitrogens is 2. The molecule has 1 heterocycles. The summed E-state index contributed by atoms with van der Waals surface area (Å²) in [5, 5.41) is 7.53. The monoisotopic (exact) mass is 371 g/mol. The number of hydrogen-bond acceptors (Lipinski definition) is 3. The van der Waals surface area contributed by atoms with Gasteiger partial charge in [-0.3, -0.25) is 5.10 Å². The van der Waals surface area contributed by atoms with Gasteiger partial charge in [0.2, 0.25) is 10.0 Å². The first kappa shape index (κ1) is 16.2. The highest BCUT2D eigenvalue weighted by Crippen LogP contribution is 2.12. The Morgan fingerprint density at radius 3 is 2.57 bits per heavy atom. The number of alkyl halides is 1. The summed E-state index contributed by atoms with van der Waals surface area (Å²) in [6.45, 7) is 2.37. The molecule has 7 heteroatoms. The number of rotatable bonds is 7. The highest BCUT2D eigenvalue weighted by Gasteiger charge is 2.13. The molecule has 0 saturated carbocycles. The number of aryl methyl sites for hydroxylation is 2. The Kier molecular flexibility index (Phi) is 5.55. The quantitative estimate of drug-likeness (QED) is 0.579. The third-order valence-electron chi connectivity index (χ3n) is 3.24. The molecule has 114 valence electrons. The second kappa shape index (κ2) is 7.20. The van der Waals surface area contributed by atoms with Crippen molar-refractivity contribution in [2.75, 3.05) is 6.54 Å². The molecule has 0 aliphatic carbocycles. The number of sulfonamides is 1. The van der Waals surface area contributed by atoms with Gasteiger partial charge < -0.3 is 0 Å². The summed E-state index contributed by atoms with van der Waals surface area (Å²) in [6.07, 6.45) is 3.31. The van der Waals surface area contributed by atoms with Crippen molar-refractivity contribution in [2.24, 2.45) is 0 Å². The molecule has 2 aromatic rings. The Labute approximate surface area is 133 Å². The fourth-order valence-corrected chi connectivity index (χ4v) is 3.40. The van der Waals surface area contributed by atoms with Crippen molar-refractivity contribution in [3.05, 3.63) is 47.3 Å². The molecule has 0 saturated heterocycles. The predicted octanol–water partition coefficient (Wildman–Crippen LogP) is 2.52. The average molecular weight is 372 g/mol. The van der Waals surface area contributed by atoms with Gasteiger partial charge >= 0.3 is 0 Å². The number of hydrogen-bond donors (Lipinski definition) is 2. The van der Waals surface area contributed by atoms with Crippen molar-refractivity contribution in [3.8, 4) is 0 Å². The molecule has 0 radical (unpaired) electrons. The zero-order chi connectivity index (χ0) is 15.3. The molecule has 21 heavy (non-hydrogen) atoms. The Morgan fingerprint density at radius 1 is 1.29 bits per heavy atom. The van der Waals surface area contributed by atoms with Crippen molar-refractivity contribution in [2.45, 2.75) is 30.0 Å². The van der Waals surface area contributed by atoms with Crippen molar-refractivity contribution in [1.82, 2.24) is 14.9 Å². The van der Waals surface area contributed by atoms with Crippen LogP contribution in [0.25, 0.3) is 0 Å². The minimum absolute atomic E-state index is 0.298. The van der Waals surface area contributed by atoms with Crippen LogP contribution in [0.15, 0.2) is 35.4 Å². The molecule has 0 amide bonds. The zero-order valence-corrected chi connectivity index (χ0v) is 14.2. The van der Waals surface area contributed by atoms with Crippen LogP contribution in [-0.4, -0.2) is 25.2 Å². The Balaban J connectivity index is 1.87. The van der Waals surface area contributed by atoms with Gasteiger partial charge in [-0.2, -0.15) is 5.10 Å². The van der Waals surface area contributed by atoms with E-state index in [4.69, 9.17) is 0 Å². The number of benzene rings is 1. The summed E-state index contributed by atoms with van der Waals surface area (Å²) in [7, 11) is -3.43. The molecular formula is C14H18BrN3O2S. The van der Waals surface area contributed by atoms with Gasteiger partial charge in [0.1, 0.15) is 0 Å². The van der Waals surface area contributed by atoms with Crippen LogP contribution < -0.4 is 4.72 Å². The van der Waals surface area contributed by atoms with Crippen LogP contribution in [0, 0.1) is 6.92 Å². The summed E-state index contributed by atoms with van der Waals surface area (Å²) < 4.78 is 26.9. The van der Waals surface area contributed by atoms with E-state index in [1.807, 2.05) is 6.92 Å². The van der Waals surface area contributed by atoms with Crippen LogP contribution in [0.2, 0.25) is 0 Å². The SMILES string of the molecule is Cc1[nH]ncc1CCCNS(=O)(=O)c1ccc(CBr)cc1. The van der Waals surface area contributed by atoms with E-state index in [0.717, 1.165) is 29.7 Å². The van der Waals surface area contributed by atoms with E-state index in [9.17, 15) is 8.42 Å². The number of nitrogens with one attached hydrogen (secondary N) is 2. The first-order valence-electron chi connectivity index (χ1n) is 6.66. The molecule has 1 aromatic heterocycles. The molecule has 0 spiro atoms. The number of halogens is 1. The third-order valence-corrected chi connectivity index (χ3v) is 5.36. The second-order valence-corrected chi connectivity index (χ2v) is 7.13. The Hall–Kier alpha value is -1.18. The van der Waals surface area contributed by atoms with E-state index in [0.29, 0.717) is 16.8 Å². The van der Waals surface area contributed by atoms with E-state index in [2.05, 4.69) is 30.8 Å². The third kappa shape index (κ3) is 4.39. The second-order valence-electron chi connectivity index (χ2n) is 4.80. The predicted molar refractivity (Wildman–Crippen MR) is 85.9 cm³/mol. The maximum absolute atomic E-state index is 12.1. The highest BCUT2D eigenvalue weighted by atomic mass is 79.9. The minimum Gasteiger partial charge on any atom is -0.283 e. The molecule has 0 unspecified atom stereocenters. The van der Waals surface area contributed by atoms with Crippen LogP contribution in [0.5, 0.6) is 0 Å².